The Kier molecular flexibility index (Phi) is 3.11. The van der Waals surface area contributed by atoms with E-state index in [0.29, 0.717) is 11.3 Å². The summed E-state index contributed by atoms with van der Waals surface area (Å²) >= 11 is 0. The summed E-state index contributed by atoms with van der Waals surface area (Å²) in [5.41, 5.74) is 7.75. The molecule has 0 unspecified atom stereocenters. The van der Waals surface area contributed by atoms with Crippen molar-refractivity contribution in [1.29, 1.82) is 0 Å². The molecule has 0 aliphatic heterocycles. The first kappa shape index (κ1) is 10.7. The molecule has 1 fully saturated rings. The lowest BCUT2D eigenvalue weighted by atomic mass is 9.70. The number of benzene rings is 1. The van der Waals surface area contributed by atoms with Gasteiger partial charge >= 0.3 is 0 Å². The minimum absolute atomic E-state index is 0.371. The van der Waals surface area contributed by atoms with E-state index in [1.807, 2.05) is 0 Å². The molecule has 82 valence electrons. The molecule has 1 atom stereocenters. The summed E-state index contributed by atoms with van der Waals surface area (Å²) in [6, 6.07) is 10.9. The van der Waals surface area contributed by atoms with Gasteiger partial charge in [-0.15, -0.1) is 0 Å². The fourth-order valence-corrected chi connectivity index (χ4v) is 3.07. The fraction of sp³-hybridized carbons (Fsp3) is 0.571. The van der Waals surface area contributed by atoms with Gasteiger partial charge in [-0.05, 0) is 36.3 Å². The second kappa shape index (κ2) is 4.36. The lowest BCUT2D eigenvalue weighted by Gasteiger charge is -2.35. The van der Waals surface area contributed by atoms with Gasteiger partial charge in [0, 0.05) is 0 Å². The Morgan fingerprint density at radius 2 is 1.80 bits per heavy atom. The van der Waals surface area contributed by atoms with Crippen LogP contribution in [0.5, 0.6) is 0 Å². The molecule has 0 amide bonds. The van der Waals surface area contributed by atoms with Crippen molar-refractivity contribution in [2.45, 2.75) is 38.0 Å². The first-order valence-electron chi connectivity index (χ1n) is 6.05. The Labute approximate surface area is 92.7 Å². The van der Waals surface area contributed by atoms with Crippen molar-refractivity contribution in [3.8, 4) is 0 Å². The van der Waals surface area contributed by atoms with E-state index in [4.69, 9.17) is 5.73 Å². The Morgan fingerprint density at radius 3 is 2.33 bits per heavy atom. The van der Waals surface area contributed by atoms with Gasteiger partial charge in [0.25, 0.3) is 0 Å². The minimum atomic E-state index is 0.371. The molecule has 1 saturated carbocycles. The molecule has 2 rings (SSSR count). The van der Waals surface area contributed by atoms with Gasteiger partial charge in [0.05, 0.1) is 0 Å². The molecule has 0 spiro atoms. The maximum Gasteiger partial charge on any atom is -0.000939 e. The molecule has 1 nitrogen and oxygen atoms in total. The molecule has 1 aromatic rings. The summed E-state index contributed by atoms with van der Waals surface area (Å²) in [6.45, 7) is 3.10. The zero-order chi connectivity index (χ0) is 10.7. The van der Waals surface area contributed by atoms with E-state index in [2.05, 4.69) is 37.3 Å². The molecule has 1 aromatic carbocycles. The highest BCUT2D eigenvalue weighted by molar-refractivity contribution is 5.27. The predicted molar refractivity (Wildman–Crippen MR) is 64.8 cm³/mol. The van der Waals surface area contributed by atoms with Gasteiger partial charge in [-0.25, -0.2) is 0 Å². The second-order valence-corrected chi connectivity index (χ2v) is 4.87. The van der Waals surface area contributed by atoms with Crippen LogP contribution in [0.3, 0.4) is 0 Å². The maximum absolute atomic E-state index is 5.87. The Hall–Kier alpha value is -0.820. The number of hydrogen-bond acceptors (Lipinski definition) is 1. The molecule has 15 heavy (non-hydrogen) atoms. The number of nitrogens with two attached hydrogens (primary N) is 1. The van der Waals surface area contributed by atoms with Gasteiger partial charge in [0.2, 0.25) is 0 Å². The molecule has 0 saturated heterocycles. The van der Waals surface area contributed by atoms with Gasteiger partial charge < -0.3 is 5.73 Å². The SMILES string of the molecule is C[C@H](CN)C1(c2ccccc2)CCCC1. The highest BCUT2D eigenvalue weighted by Crippen LogP contribution is 2.46. The van der Waals surface area contributed by atoms with E-state index in [1.54, 1.807) is 0 Å². The van der Waals surface area contributed by atoms with Crippen molar-refractivity contribution in [2.24, 2.45) is 11.7 Å². The van der Waals surface area contributed by atoms with E-state index < -0.39 is 0 Å². The van der Waals surface area contributed by atoms with Gasteiger partial charge in [-0.3, -0.25) is 0 Å². The van der Waals surface area contributed by atoms with Crippen molar-refractivity contribution in [3.05, 3.63) is 35.9 Å². The molecular formula is C14H21N. The third kappa shape index (κ3) is 1.81. The minimum Gasteiger partial charge on any atom is -0.330 e. The highest BCUT2D eigenvalue weighted by Gasteiger charge is 2.39. The van der Waals surface area contributed by atoms with Crippen LogP contribution in [0.4, 0.5) is 0 Å². The van der Waals surface area contributed by atoms with Crippen LogP contribution in [0.1, 0.15) is 38.2 Å². The Morgan fingerprint density at radius 1 is 1.20 bits per heavy atom. The van der Waals surface area contributed by atoms with E-state index >= 15 is 0 Å². The van der Waals surface area contributed by atoms with Gasteiger partial charge in [-0.1, -0.05) is 50.1 Å². The number of rotatable bonds is 3. The molecule has 0 radical (unpaired) electrons. The molecular weight excluding hydrogens is 182 g/mol. The average molecular weight is 203 g/mol. The van der Waals surface area contributed by atoms with Crippen LogP contribution in [-0.4, -0.2) is 6.54 Å². The molecule has 1 heteroatoms. The third-order valence-electron chi connectivity index (χ3n) is 4.14. The number of hydrogen-bond donors (Lipinski definition) is 1. The zero-order valence-corrected chi connectivity index (χ0v) is 9.58. The molecule has 0 aromatic heterocycles. The lowest BCUT2D eigenvalue weighted by molar-refractivity contribution is 0.299. The summed E-state index contributed by atoms with van der Waals surface area (Å²) in [6.07, 6.45) is 5.35. The first-order chi connectivity index (χ1) is 7.29. The van der Waals surface area contributed by atoms with Gasteiger partial charge in [0.1, 0.15) is 0 Å². The first-order valence-corrected chi connectivity index (χ1v) is 6.05. The molecule has 0 heterocycles. The Balaban J connectivity index is 2.35. The predicted octanol–water partition coefficient (Wildman–Crippen LogP) is 3.09. The summed E-state index contributed by atoms with van der Waals surface area (Å²) in [4.78, 5) is 0. The van der Waals surface area contributed by atoms with Crippen LogP contribution in [0.25, 0.3) is 0 Å². The zero-order valence-electron chi connectivity index (χ0n) is 9.58. The van der Waals surface area contributed by atoms with Crippen LogP contribution in [0.15, 0.2) is 30.3 Å². The smallest absolute Gasteiger partial charge is 0.000939 e. The molecule has 2 N–H and O–H groups in total. The van der Waals surface area contributed by atoms with Crippen LogP contribution >= 0.6 is 0 Å². The quantitative estimate of drug-likeness (QED) is 0.802. The van der Waals surface area contributed by atoms with E-state index in [-0.39, 0.29) is 0 Å². The van der Waals surface area contributed by atoms with Crippen molar-refractivity contribution in [1.82, 2.24) is 0 Å². The average Bonchev–Trinajstić information content (AvgIpc) is 2.79. The van der Waals surface area contributed by atoms with E-state index in [9.17, 15) is 0 Å². The monoisotopic (exact) mass is 203 g/mol. The van der Waals surface area contributed by atoms with E-state index in [0.717, 1.165) is 6.54 Å². The maximum atomic E-state index is 5.87. The topological polar surface area (TPSA) is 26.0 Å². The van der Waals surface area contributed by atoms with Crippen LogP contribution < -0.4 is 5.73 Å². The van der Waals surface area contributed by atoms with Crippen molar-refractivity contribution in [2.75, 3.05) is 6.54 Å². The largest absolute Gasteiger partial charge is 0.330 e. The second-order valence-electron chi connectivity index (χ2n) is 4.87. The Bertz CT molecular complexity index is 298. The molecule has 1 aliphatic carbocycles. The van der Waals surface area contributed by atoms with Crippen LogP contribution in [0.2, 0.25) is 0 Å². The van der Waals surface area contributed by atoms with Crippen LogP contribution in [0, 0.1) is 5.92 Å². The summed E-state index contributed by atoms with van der Waals surface area (Å²) in [5.74, 6) is 0.599. The van der Waals surface area contributed by atoms with Crippen molar-refractivity contribution >= 4 is 0 Å². The standard InChI is InChI=1S/C14H21N/c1-12(11-15)14(9-5-6-10-14)13-7-3-2-4-8-13/h2-4,7-8,12H,5-6,9-11,15H2,1H3/t12-/m1/s1. The summed E-state index contributed by atoms with van der Waals surface area (Å²) in [5, 5.41) is 0. The fourth-order valence-electron chi connectivity index (χ4n) is 3.07. The van der Waals surface area contributed by atoms with Crippen LogP contribution in [-0.2, 0) is 5.41 Å². The normalized spacial score (nSPS) is 21.5. The summed E-state index contributed by atoms with van der Waals surface area (Å²) in [7, 11) is 0. The third-order valence-corrected chi connectivity index (χ3v) is 4.14. The van der Waals surface area contributed by atoms with Crippen molar-refractivity contribution < 1.29 is 0 Å². The lowest BCUT2D eigenvalue weighted by Crippen LogP contribution is -2.35. The summed E-state index contributed by atoms with van der Waals surface area (Å²) < 4.78 is 0. The molecule has 1 aliphatic rings. The van der Waals surface area contributed by atoms with Gasteiger partial charge in [-0.2, -0.15) is 0 Å². The molecule has 0 bridgehead atoms. The highest BCUT2D eigenvalue weighted by atomic mass is 14.6. The van der Waals surface area contributed by atoms with Crippen molar-refractivity contribution in [3.63, 3.8) is 0 Å². The van der Waals surface area contributed by atoms with Gasteiger partial charge in [0.15, 0.2) is 0 Å². The van der Waals surface area contributed by atoms with E-state index in [1.165, 1.54) is 31.2 Å².